The van der Waals surface area contributed by atoms with E-state index in [4.69, 9.17) is 5.73 Å². The van der Waals surface area contributed by atoms with Gasteiger partial charge in [-0.05, 0) is 12.8 Å². The van der Waals surface area contributed by atoms with Crippen LogP contribution in [-0.4, -0.2) is 28.0 Å². The predicted octanol–water partition coefficient (Wildman–Crippen LogP) is 3.05. The molecule has 0 unspecified atom stereocenters. The molecule has 0 aliphatic rings. The van der Waals surface area contributed by atoms with Crippen molar-refractivity contribution in [2.24, 2.45) is 0 Å². The van der Waals surface area contributed by atoms with Gasteiger partial charge in [-0.3, -0.25) is 0 Å². The quantitative estimate of drug-likeness (QED) is 0.540. The average molecular weight is 280 g/mol. The van der Waals surface area contributed by atoms with E-state index in [2.05, 4.69) is 39.4 Å². The maximum absolute atomic E-state index is 5.70. The third kappa shape index (κ3) is 7.11. The van der Waals surface area contributed by atoms with E-state index < -0.39 is 0 Å². The van der Waals surface area contributed by atoms with Gasteiger partial charge >= 0.3 is 0 Å². The second kappa shape index (κ2) is 10.2. The molecule has 6 nitrogen and oxygen atoms in total. The fourth-order valence-electron chi connectivity index (χ4n) is 1.88. The summed E-state index contributed by atoms with van der Waals surface area (Å²) in [7, 11) is 0. The normalized spacial score (nSPS) is 10.5. The number of rotatable bonds is 11. The molecule has 0 amide bonds. The second-order valence-electron chi connectivity index (χ2n) is 4.96. The van der Waals surface area contributed by atoms with E-state index in [0.717, 1.165) is 25.9 Å². The molecule has 0 aromatic carbocycles. The minimum Gasteiger partial charge on any atom is -0.368 e. The topological polar surface area (TPSA) is 88.8 Å². The molecule has 0 radical (unpaired) electrons. The third-order valence-electron chi connectivity index (χ3n) is 3.03. The summed E-state index contributed by atoms with van der Waals surface area (Å²) in [6, 6.07) is 0. The standard InChI is InChI=1S/C14H28N6/c1-3-5-7-9-11-17-14-19-12(15)18-13(20-14)16-10-8-6-4-2/h3-11H2,1-2H3,(H4,15,16,17,18,19,20). The molecule has 1 aromatic rings. The number of aromatic nitrogens is 3. The van der Waals surface area contributed by atoms with Crippen LogP contribution in [0.25, 0.3) is 0 Å². The Balaban J connectivity index is 2.36. The number of hydrogen-bond acceptors (Lipinski definition) is 6. The minimum atomic E-state index is 0.258. The van der Waals surface area contributed by atoms with Gasteiger partial charge in [0.15, 0.2) is 0 Å². The highest BCUT2D eigenvalue weighted by molar-refractivity contribution is 5.39. The molecule has 1 heterocycles. The lowest BCUT2D eigenvalue weighted by Crippen LogP contribution is -2.12. The Hall–Kier alpha value is -1.59. The van der Waals surface area contributed by atoms with Gasteiger partial charge in [-0.2, -0.15) is 15.0 Å². The van der Waals surface area contributed by atoms with E-state index in [9.17, 15) is 0 Å². The molecule has 0 aliphatic carbocycles. The van der Waals surface area contributed by atoms with Crippen molar-refractivity contribution in [3.63, 3.8) is 0 Å². The van der Waals surface area contributed by atoms with Gasteiger partial charge in [-0.15, -0.1) is 0 Å². The molecule has 0 saturated heterocycles. The lowest BCUT2D eigenvalue weighted by atomic mass is 10.2. The van der Waals surface area contributed by atoms with E-state index in [1.807, 2.05) is 0 Å². The van der Waals surface area contributed by atoms with Crippen LogP contribution in [0.2, 0.25) is 0 Å². The van der Waals surface area contributed by atoms with Gasteiger partial charge in [-0.25, -0.2) is 0 Å². The van der Waals surface area contributed by atoms with Crippen LogP contribution in [0.3, 0.4) is 0 Å². The van der Waals surface area contributed by atoms with Crippen LogP contribution in [0.4, 0.5) is 17.8 Å². The Labute approximate surface area is 122 Å². The zero-order valence-electron chi connectivity index (χ0n) is 12.8. The van der Waals surface area contributed by atoms with Crippen LogP contribution >= 0.6 is 0 Å². The van der Waals surface area contributed by atoms with Gasteiger partial charge in [0.05, 0.1) is 0 Å². The van der Waals surface area contributed by atoms with Gasteiger partial charge in [0.25, 0.3) is 0 Å². The fraction of sp³-hybridized carbons (Fsp3) is 0.786. The van der Waals surface area contributed by atoms with Gasteiger partial charge in [0, 0.05) is 13.1 Å². The summed E-state index contributed by atoms with van der Waals surface area (Å²) in [5.74, 6) is 1.38. The molecular formula is C14H28N6. The summed E-state index contributed by atoms with van der Waals surface area (Å²) in [6.07, 6.45) is 8.38. The number of nitrogens with zero attached hydrogens (tertiary/aromatic N) is 3. The molecule has 0 aliphatic heterocycles. The van der Waals surface area contributed by atoms with Crippen LogP contribution in [0, 0.1) is 0 Å². The van der Waals surface area contributed by atoms with Gasteiger partial charge in [0.2, 0.25) is 17.8 Å². The van der Waals surface area contributed by atoms with Crippen LogP contribution in [-0.2, 0) is 0 Å². The Bertz CT molecular complexity index is 369. The number of unbranched alkanes of at least 4 members (excludes halogenated alkanes) is 5. The highest BCUT2D eigenvalue weighted by Crippen LogP contribution is 2.08. The van der Waals surface area contributed by atoms with E-state index in [-0.39, 0.29) is 5.95 Å². The van der Waals surface area contributed by atoms with Crippen molar-refractivity contribution in [3.8, 4) is 0 Å². The first-order valence-corrected chi connectivity index (χ1v) is 7.75. The summed E-state index contributed by atoms with van der Waals surface area (Å²) in [5, 5.41) is 6.39. The maximum Gasteiger partial charge on any atom is 0.229 e. The Morgan fingerprint density at radius 1 is 0.750 bits per heavy atom. The minimum absolute atomic E-state index is 0.258. The molecule has 1 aromatic heterocycles. The summed E-state index contributed by atoms with van der Waals surface area (Å²) in [5.41, 5.74) is 5.70. The molecule has 4 N–H and O–H groups in total. The van der Waals surface area contributed by atoms with E-state index in [0.29, 0.717) is 11.9 Å². The highest BCUT2D eigenvalue weighted by atomic mass is 15.2. The maximum atomic E-state index is 5.70. The van der Waals surface area contributed by atoms with Crippen LogP contribution in [0.15, 0.2) is 0 Å². The number of nitrogens with one attached hydrogen (secondary N) is 2. The fourth-order valence-corrected chi connectivity index (χ4v) is 1.88. The lowest BCUT2D eigenvalue weighted by molar-refractivity contribution is 0.683. The van der Waals surface area contributed by atoms with Crippen LogP contribution < -0.4 is 16.4 Å². The zero-order chi connectivity index (χ0) is 14.6. The number of nitrogen functional groups attached to an aromatic ring is 1. The van der Waals surface area contributed by atoms with Crippen molar-refractivity contribution < 1.29 is 0 Å². The largest absolute Gasteiger partial charge is 0.368 e. The molecule has 0 fully saturated rings. The molecule has 1 rings (SSSR count). The van der Waals surface area contributed by atoms with Crippen molar-refractivity contribution in [1.29, 1.82) is 0 Å². The number of hydrogen-bond donors (Lipinski definition) is 3. The van der Waals surface area contributed by atoms with Crippen molar-refractivity contribution in [2.75, 3.05) is 29.5 Å². The van der Waals surface area contributed by atoms with E-state index >= 15 is 0 Å². The summed E-state index contributed by atoms with van der Waals surface area (Å²) in [6.45, 7) is 6.13. The van der Waals surface area contributed by atoms with Gasteiger partial charge in [-0.1, -0.05) is 46.0 Å². The Morgan fingerprint density at radius 2 is 1.25 bits per heavy atom. The molecule has 0 atom stereocenters. The highest BCUT2D eigenvalue weighted by Gasteiger charge is 2.03. The molecule has 114 valence electrons. The molecule has 0 bridgehead atoms. The van der Waals surface area contributed by atoms with Crippen molar-refractivity contribution in [3.05, 3.63) is 0 Å². The second-order valence-corrected chi connectivity index (χ2v) is 4.96. The summed E-state index contributed by atoms with van der Waals surface area (Å²) >= 11 is 0. The molecule has 20 heavy (non-hydrogen) atoms. The van der Waals surface area contributed by atoms with Crippen molar-refractivity contribution in [1.82, 2.24) is 15.0 Å². The summed E-state index contributed by atoms with van der Waals surface area (Å²) in [4.78, 5) is 12.5. The smallest absolute Gasteiger partial charge is 0.229 e. The van der Waals surface area contributed by atoms with Gasteiger partial charge < -0.3 is 16.4 Å². The third-order valence-corrected chi connectivity index (χ3v) is 3.03. The predicted molar refractivity (Wildman–Crippen MR) is 84.9 cm³/mol. The van der Waals surface area contributed by atoms with Crippen LogP contribution in [0.1, 0.15) is 58.8 Å². The lowest BCUT2D eigenvalue weighted by Gasteiger charge is -2.08. The first-order chi connectivity index (χ1) is 9.76. The first kappa shape index (κ1) is 16.5. The van der Waals surface area contributed by atoms with E-state index in [1.54, 1.807) is 0 Å². The van der Waals surface area contributed by atoms with Crippen LogP contribution in [0.5, 0.6) is 0 Å². The van der Waals surface area contributed by atoms with Gasteiger partial charge in [0.1, 0.15) is 0 Å². The SMILES string of the molecule is CCCCCCNc1nc(N)nc(NCCCCC)n1. The van der Waals surface area contributed by atoms with Crippen molar-refractivity contribution >= 4 is 17.8 Å². The molecular weight excluding hydrogens is 252 g/mol. The molecule has 0 spiro atoms. The Morgan fingerprint density at radius 3 is 1.80 bits per heavy atom. The number of nitrogens with two attached hydrogens (primary N) is 1. The van der Waals surface area contributed by atoms with Crippen molar-refractivity contribution in [2.45, 2.75) is 58.8 Å². The Kier molecular flexibility index (Phi) is 8.42. The monoisotopic (exact) mass is 280 g/mol. The molecule has 0 saturated carbocycles. The zero-order valence-corrected chi connectivity index (χ0v) is 12.8. The first-order valence-electron chi connectivity index (χ1n) is 7.75. The number of anilines is 3. The summed E-state index contributed by atoms with van der Waals surface area (Å²) < 4.78 is 0. The molecule has 6 heteroatoms. The average Bonchev–Trinajstić information content (AvgIpc) is 2.43. The van der Waals surface area contributed by atoms with E-state index in [1.165, 1.54) is 32.1 Å².